The molecule has 0 fully saturated rings. The lowest BCUT2D eigenvalue weighted by atomic mass is 10.0. The van der Waals surface area contributed by atoms with Gasteiger partial charge in [0.2, 0.25) is 5.25 Å². The van der Waals surface area contributed by atoms with Gasteiger partial charge in [-0.15, -0.1) is 0 Å². The van der Waals surface area contributed by atoms with E-state index in [0.29, 0.717) is 12.8 Å². The van der Waals surface area contributed by atoms with Crippen molar-refractivity contribution < 1.29 is 36.5 Å². The predicted molar refractivity (Wildman–Crippen MR) is 228 cm³/mol. The smallest absolute Gasteiger partial charge is 0.328 e. The summed E-state index contributed by atoms with van der Waals surface area (Å²) in [6, 6.07) is 0. The summed E-state index contributed by atoms with van der Waals surface area (Å²) in [5.74, 6) is -2.88. The van der Waals surface area contributed by atoms with Crippen LogP contribution in [0.2, 0.25) is 0 Å². The lowest BCUT2D eigenvalue weighted by Gasteiger charge is -2.16. The SMILES string of the molecule is CCCCCCCCCCCCCCCCCCOC(=O)CC(C(=O)OCCCCCCCCCCCCCCCCCC)S(=O)(=O)OC(=O)CCN(C)C. The van der Waals surface area contributed by atoms with E-state index in [1.807, 2.05) is 0 Å². The Kier molecular flexibility index (Phi) is 38.0. The second-order valence-electron chi connectivity index (χ2n) is 16.2. The topological polar surface area (TPSA) is 116 Å². The molecule has 326 valence electrons. The van der Waals surface area contributed by atoms with Gasteiger partial charge in [-0.25, -0.2) is 0 Å². The van der Waals surface area contributed by atoms with Crippen molar-refractivity contribution in [2.75, 3.05) is 33.9 Å². The number of hydrogen-bond acceptors (Lipinski definition) is 9. The molecular formula is C45H87NO8S. The van der Waals surface area contributed by atoms with E-state index in [-0.39, 0.29) is 26.2 Å². The van der Waals surface area contributed by atoms with Crippen molar-refractivity contribution >= 4 is 28.0 Å². The first-order valence-electron chi connectivity index (χ1n) is 23.1. The standard InChI is InChI=1S/C45H87NO8S/c1-5-7-9-11-13-15-17-19-21-23-25-27-29-31-33-35-39-52-44(48)41-42(55(50,51)54-43(47)37-38-46(3)4)45(49)53-40-36-34-32-30-28-26-24-22-20-18-16-14-12-10-8-6-2/h42H,5-41H2,1-4H3. The van der Waals surface area contributed by atoms with E-state index in [4.69, 9.17) is 13.7 Å². The molecule has 0 heterocycles. The highest BCUT2D eigenvalue weighted by Crippen LogP contribution is 2.17. The van der Waals surface area contributed by atoms with Gasteiger partial charge in [0.1, 0.15) is 0 Å². The van der Waals surface area contributed by atoms with Crippen molar-refractivity contribution in [3.8, 4) is 0 Å². The monoisotopic (exact) mass is 802 g/mol. The Balaban J connectivity index is 4.32. The number of esters is 2. The van der Waals surface area contributed by atoms with Crippen LogP contribution in [-0.2, 0) is 38.2 Å². The highest BCUT2D eigenvalue weighted by Gasteiger charge is 2.39. The molecule has 0 aliphatic carbocycles. The fraction of sp³-hybridized carbons (Fsp3) is 0.933. The second-order valence-corrected chi connectivity index (χ2v) is 17.9. The maximum atomic E-state index is 13.0. The number of ether oxygens (including phenoxy) is 2. The molecule has 0 aromatic rings. The normalized spacial score (nSPS) is 12.2. The summed E-state index contributed by atoms with van der Waals surface area (Å²) < 4.78 is 41.4. The molecule has 1 unspecified atom stereocenters. The number of rotatable bonds is 42. The molecule has 0 radical (unpaired) electrons. The number of nitrogens with zero attached hydrogens (tertiary/aromatic N) is 1. The van der Waals surface area contributed by atoms with Gasteiger partial charge in [-0.3, -0.25) is 14.4 Å². The molecule has 0 aliphatic heterocycles. The average Bonchev–Trinajstić information content (AvgIpc) is 3.15. The molecule has 0 rings (SSSR count). The van der Waals surface area contributed by atoms with Crippen molar-refractivity contribution in [2.45, 2.75) is 237 Å². The first-order chi connectivity index (χ1) is 26.6. The molecule has 0 spiro atoms. The molecule has 9 nitrogen and oxygen atoms in total. The second kappa shape index (κ2) is 39.2. The van der Waals surface area contributed by atoms with Gasteiger partial charge in [0.05, 0.1) is 26.1 Å². The minimum absolute atomic E-state index is 0.0477. The zero-order valence-corrected chi connectivity index (χ0v) is 37.2. The lowest BCUT2D eigenvalue weighted by molar-refractivity contribution is -0.150. The number of hydrogen-bond donors (Lipinski definition) is 0. The van der Waals surface area contributed by atoms with Crippen LogP contribution in [0.5, 0.6) is 0 Å². The maximum Gasteiger partial charge on any atom is 0.328 e. The Morgan fingerprint density at radius 2 is 0.764 bits per heavy atom. The molecule has 0 aromatic heterocycles. The summed E-state index contributed by atoms with van der Waals surface area (Å²) in [5, 5.41) is -1.95. The van der Waals surface area contributed by atoms with Gasteiger partial charge < -0.3 is 18.6 Å². The molecule has 0 amide bonds. The van der Waals surface area contributed by atoms with Crippen LogP contribution >= 0.6 is 0 Å². The molecule has 10 heteroatoms. The highest BCUT2D eigenvalue weighted by atomic mass is 32.2. The third-order valence-electron chi connectivity index (χ3n) is 10.4. The highest BCUT2D eigenvalue weighted by molar-refractivity contribution is 7.88. The first kappa shape index (κ1) is 53.3. The summed E-state index contributed by atoms with van der Waals surface area (Å²) in [6.45, 7) is 5.00. The largest absolute Gasteiger partial charge is 0.466 e. The lowest BCUT2D eigenvalue weighted by Crippen LogP contribution is -2.37. The maximum absolute atomic E-state index is 13.0. The van der Waals surface area contributed by atoms with E-state index >= 15 is 0 Å². The Hall–Kier alpha value is -1.68. The van der Waals surface area contributed by atoms with E-state index < -0.39 is 39.7 Å². The third kappa shape index (κ3) is 36.4. The van der Waals surface area contributed by atoms with E-state index in [1.165, 1.54) is 154 Å². The summed E-state index contributed by atoms with van der Waals surface area (Å²) in [4.78, 5) is 39.6. The quantitative estimate of drug-likeness (QED) is 0.0338. The first-order valence-corrected chi connectivity index (χ1v) is 24.5. The van der Waals surface area contributed by atoms with Gasteiger partial charge in [-0.1, -0.05) is 206 Å². The molecule has 0 N–H and O–H groups in total. The Morgan fingerprint density at radius 1 is 0.455 bits per heavy atom. The molecule has 0 aliphatic rings. The van der Waals surface area contributed by atoms with Crippen LogP contribution in [-0.4, -0.2) is 70.3 Å². The predicted octanol–water partition coefficient (Wildman–Crippen LogP) is 12.2. The molecule has 0 saturated heterocycles. The number of carbonyl (C=O) groups is 3. The number of unbranched alkanes of at least 4 members (excludes halogenated alkanes) is 30. The van der Waals surface area contributed by atoms with Crippen LogP contribution in [0.25, 0.3) is 0 Å². The Morgan fingerprint density at radius 3 is 1.09 bits per heavy atom. The third-order valence-corrected chi connectivity index (χ3v) is 11.9. The van der Waals surface area contributed by atoms with Crippen LogP contribution in [0.1, 0.15) is 232 Å². The van der Waals surface area contributed by atoms with Crippen LogP contribution in [0.15, 0.2) is 0 Å². The van der Waals surface area contributed by atoms with Gasteiger partial charge in [-0.2, -0.15) is 8.42 Å². The van der Waals surface area contributed by atoms with Gasteiger partial charge in [0.15, 0.2) is 0 Å². The molecule has 0 saturated carbocycles. The summed E-state index contributed by atoms with van der Waals surface area (Å²) >= 11 is 0. The van der Waals surface area contributed by atoms with Crippen molar-refractivity contribution in [1.29, 1.82) is 0 Å². The minimum Gasteiger partial charge on any atom is -0.466 e. The van der Waals surface area contributed by atoms with E-state index in [9.17, 15) is 22.8 Å². The van der Waals surface area contributed by atoms with Gasteiger partial charge in [0.25, 0.3) is 0 Å². The van der Waals surface area contributed by atoms with Crippen LogP contribution in [0, 0.1) is 0 Å². The zero-order chi connectivity index (χ0) is 40.7. The van der Waals surface area contributed by atoms with Crippen LogP contribution < -0.4 is 0 Å². The Labute approximate surface area is 339 Å². The van der Waals surface area contributed by atoms with Crippen molar-refractivity contribution in [2.24, 2.45) is 0 Å². The molecular weight excluding hydrogens is 715 g/mol. The fourth-order valence-corrected chi connectivity index (χ4v) is 7.91. The molecule has 0 bridgehead atoms. The summed E-state index contributed by atoms with van der Waals surface area (Å²) in [5.41, 5.74) is 0. The summed E-state index contributed by atoms with van der Waals surface area (Å²) in [6.07, 6.45) is 38.4. The molecule has 0 aromatic carbocycles. The van der Waals surface area contributed by atoms with Crippen LogP contribution in [0.4, 0.5) is 0 Å². The van der Waals surface area contributed by atoms with Crippen molar-refractivity contribution in [3.05, 3.63) is 0 Å². The van der Waals surface area contributed by atoms with E-state index in [0.717, 1.165) is 38.5 Å². The van der Waals surface area contributed by atoms with Crippen molar-refractivity contribution in [1.82, 2.24) is 4.90 Å². The van der Waals surface area contributed by atoms with E-state index in [2.05, 4.69) is 13.8 Å². The van der Waals surface area contributed by atoms with Crippen molar-refractivity contribution in [3.63, 3.8) is 0 Å². The average molecular weight is 802 g/mol. The van der Waals surface area contributed by atoms with Crippen LogP contribution in [0.3, 0.4) is 0 Å². The molecule has 1 atom stereocenters. The van der Waals surface area contributed by atoms with Gasteiger partial charge in [-0.05, 0) is 26.9 Å². The van der Waals surface area contributed by atoms with E-state index in [1.54, 1.807) is 19.0 Å². The zero-order valence-electron chi connectivity index (χ0n) is 36.4. The minimum atomic E-state index is -4.74. The van der Waals surface area contributed by atoms with Gasteiger partial charge >= 0.3 is 28.0 Å². The fourth-order valence-electron chi connectivity index (χ4n) is 6.81. The molecule has 55 heavy (non-hydrogen) atoms. The summed E-state index contributed by atoms with van der Waals surface area (Å²) in [7, 11) is -1.25. The number of carbonyl (C=O) groups excluding carboxylic acids is 3. The van der Waals surface area contributed by atoms with Gasteiger partial charge in [0, 0.05) is 6.54 Å². The Bertz CT molecular complexity index is 1000.